The topological polar surface area (TPSA) is 109 Å². The number of pyridine rings is 1. The predicted octanol–water partition coefficient (Wildman–Crippen LogP) is 3.04. The Bertz CT molecular complexity index is 1000. The van der Waals surface area contributed by atoms with Crippen LogP contribution in [0.1, 0.15) is 41.9 Å². The highest BCUT2D eigenvalue weighted by molar-refractivity contribution is 6.03. The van der Waals surface area contributed by atoms with Gasteiger partial charge in [-0.15, -0.1) is 0 Å². The van der Waals surface area contributed by atoms with Crippen LogP contribution in [0, 0.1) is 5.92 Å². The summed E-state index contributed by atoms with van der Waals surface area (Å²) in [6.45, 7) is 3.62. The normalized spacial score (nSPS) is 21.6. The molecule has 2 amide bonds. The molecule has 1 unspecified atom stereocenters. The van der Waals surface area contributed by atoms with Gasteiger partial charge in [-0.2, -0.15) is 13.2 Å². The van der Waals surface area contributed by atoms with E-state index < -0.39 is 29.1 Å². The number of guanidine groups is 1. The van der Waals surface area contributed by atoms with Crippen molar-refractivity contribution in [2.45, 2.75) is 32.0 Å². The van der Waals surface area contributed by atoms with Gasteiger partial charge in [-0.1, -0.05) is 26.0 Å². The number of nitrogens with two attached hydrogens (primary N) is 1. The van der Waals surface area contributed by atoms with E-state index in [0.717, 1.165) is 12.1 Å². The maximum atomic E-state index is 12.7. The highest BCUT2D eigenvalue weighted by Gasteiger charge is 2.43. The molecule has 2 atom stereocenters. The van der Waals surface area contributed by atoms with E-state index in [9.17, 15) is 22.8 Å². The molecular formula is C20H20F3N5O2. The number of hydrogen-bond acceptors (Lipinski definition) is 5. The number of nitrogens with zero attached hydrogens (tertiary/aromatic N) is 2. The van der Waals surface area contributed by atoms with Crippen LogP contribution >= 0.6 is 0 Å². The second-order valence-electron chi connectivity index (χ2n) is 6.95. The molecule has 1 aliphatic rings. The summed E-state index contributed by atoms with van der Waals surface area (Å²) in [6.07, 6.45) is -3.44. The van der Waals surface area contributed by atoms with E-state index >= 15 is 0 Å². The maximum absolute atomic E-state index is 12.7. The summed E-state index contributed by atoms with van der Waals surface area (Å²) in [4.78, 5) is 32.7. The van der Waals surface area contributed by atoms with Crippen molar-refractivity contribution in [2.24, 2.45) is 16.6 Å². The fourth-order valence-corrected chi connectivity index (χ4v) is 3.45. The Morgan fingerprint density at radius 2 is 2.03 bits per heavy atom. The summed E-state index contributed by atoms with van der Waals surface area (Å²) < 4.78 is 38.0. The molecule has 7 nitrogen and oxygen atoms in total. The minimum Gasteiger partial charge on any atom is -0.370 e. The number of anilines is 1. The summed E-state index contributed by atoms with van der Waals surface area (Å²) in [6, 6.07) is 8.56. The van der Waals surface area contributed by atoms with E-state index in [4.69, 9.17) is 5.73 Å². The van der Waals surface area contributed by atoms with Gasteiger partial charge in [0.15, 0.2) is 5.96 Å². The monoisotopic (exact) mass is 419 g/mol. The summed E-state index contributed by atoms with van der Waals surface area (Å²) in [5.74, 6) is -1.41. The number of hydrogen-bond donors (Lipinski definition) is 3. The van der Waals surface area contributed by atoms with E-state index in [1.807, 2.05) is 6.92 Å². The van der Waals surface area contributed by atoms with Gasteiger partial charge in [0.05, 0.1) is 11.5 Å². The molecule has 0 saturated heterocycles. The zero-order valence-corrected chi connectivity index (χ0v) is 16.2. The second kappa shape index (κ2) is 7.77. The molecule has 30 heavy (non-hydrogen) atoms. The van der Waals surface area contributed by atoms with E-state index in [2.05, 4.69) is 20.6 Å². The predicted molar refractivity (Wildman–Crippen MR) is 105 cm³/mol. The Labute approximate surface area is 170 Å². The molecule has 3 rings (SSSR count). The fraction of sp³-hybridized carbons (Fsp3) is 0.300. The quantitative estimate of drug-likeness (QED) is 0.708. The van der Waals surface area contributed by atoms with Crippen LogP contribution in [0.15, 0.2) is 47.6 Å². The number of carbonyl (C=O) groups excluding carboxylic acids is 2. The van der Waals surface area contributed by atoms with E-state index in [0.29, 0.717) is 23.9 Å². The second-order valence-corrected chi connectivity index (χ2v) is 6.95. The van der Waals surface area contributed by atoms with E-state index in [1.165, 1.54) is 0 Å². The lowest BCUT2D eigenvalue weighted by molar-refractivity contribution is -0.137. The van der Waals surface area contributed by atoms with Crippen LogP contribution in [0.3, 0.4) is 0 Å². The van der Waals surface area contributed by atoms with Gasteiger partial charge < -0.3 is 11.1 Å². The lowest BCUT2D eigenvalue weighted by Gasteiger charge is -2.38. The molecule has 2 aromatic rings. The zero-order valence-electron chi connectivity index (χ0n) is 16.2. The van der Waals surface area contributed by atoms with Crippen LogP contribution in [0.25, 0.3) is 0 Å². The molecule has 1 aromatic carbocycles. The first-order valence-corrected chi connectivity index (χ1v) is 9.18. The van der Waals surface area contributed by atoms with Gasteiger partial charge in [0.25, 0.3) is 5.91 Å². The smallest absolute Gasteiger partial charge is 0.370 e. The number of benzene rings is 1. The number of carbonyl (C=O) groups is 2. The van der Waals surface area contributed by atoms with Gasteiger partial charge in [0, 0.05) is 11.9 Å². The van der Waals surface area contributed by atoms with Gasteiger partial charge in [0.2, 0.25) is 5.91 Å². The summed E-state index contributed by atoms with van der Waals surface area (Å²) in [7, 11) is 0. The average Bonchev–Trinajstić information content (AvgIpc) is 2.70. The average molecular weight is 419 g/mol. The minimum absolute atomic E-state index is 0.0170. The first-order chi connectivity index (χ1) is 14.1. The van der Waals surface area contributed by atoms with Crippen LogP contribution in [0.4, 0.5) is 18.9 Å². The standard InChI is InChI=1S/C20H20F3N5O2/c1-3-19(11(2)16(29)27-18(24)28-19)12-5-4-6-14(9-12)26-17(30)15-8-7-13(10-25-15)20(21,22)23/h4-11H,3H2,1-2H3,(H,26,30)(H3,24,27,28,29)/t11?,19-/m0/s1. The summed E-state index contributed by atoms with van der Waals surface area (Å²) in [5, 5.41) is 5.11. The number of halogens is 3. The largest absolute Gasteiger partial charge is 0.417 e. The minimum atomic E-state index is -4.53. The van der Waals surface area contributed by atoms with Crippen LogP contribution in [0.2, 0.25) is 0 Å². The van der Waals surface area contributed by atoms with E-state index in [-0.39, 0.29) is 17.6 Å². The van der Waals surface area contributed by atoms with Gasteiger partial charge in [0.1, 0.15) is 11.2 Å². The number of aliphatic imine (C=N–C) groups is 1. The van der Waals surface area contributed by atoms with Crippen molar-refractivity contribution in [3.8, 4) is 0 Å². The summed E-state index contributed by atoms with van der Waals surface area (Å²) in [5.41, 5.74) is 4.83. The van der Waals surface area contributed by atoms with Crippen molar-refractivity contribution < 1.29 is 22.8 Å². The molecule has 1 aliphatic heterocycles. The molecule has 158 valence electrons. The maximum Gasteiger partial charge on any atom is 0.417 e. The fourth-order valence-electron chi connectivity index (χ4n) is 3.45. The number of aromatic nitrogens is 1. The van der Waals surface area contributed by atoms with Crippen molar-refractivity contribution in [3.05, 3.63) is 59.4 Å². The Morgan fingerprint density at radius 1 is 1.30 bits per heavy atom. The van der Waals surface area contributed by atoms with E-state index in [1.54, 1.807) is 31.2 Å². The molecule has 0 fully saturated rings. The highest BCUT2D eigenvalue weighted by Crippen LogP contribution is 2.40. The molecule has 2 heterocycles. The van der Waals surface area contributed by atoms with Crippen molar-refractivity contribution >= 4 is 23.5 Å². The first-order valence-electron chi connectivity index (χ1n) is 9.18. The van der Waals surface area contributed by atoms with Crippen molar-refractivity contribution in [3.63, 3.8) is 0 Å². The highest BCUT2D eigenvalue weighted by atomic mass is 19.4. The van der Waals surface area contributed by atoms with Gasteiger partial charge in [-0.05, 0) is 36.2 Å². The Morgan fingerprint density at radius 3 is 2.63 bits per heavy atom. The number of amides is 2. The molecule has 0 saturated carbocycles. The first kappa shape index (κ1) is 21.3. The summed E-state index contributed by atoms with van der Waals surface area (Å²) >= 11 is 0. The third kappa shape index (κ3) is 3.98. The molecule has 0 bridgehead atoms. The molecule has 0 aliphatic carbocycles. The Kier molecular flexibility index (Phi) is 5.51. The number of nitrogens with one attached hydrogen (secondary N) is 2. The Hall–Kier alpha value is -3.43. The number of rotatable bonds is 4. The van der Waals surface area contributed by atoms with Crippen molar-refractivity contribution in [1.82, 2.24) is 10.3 Å². The Balaban J connectivity index is 1.88. The van der Waals surface area contributed by atoms with Crippen molar-refractivity contribution in [1.29, 1.82) is 0 Å². The molecule has 0 spiro atoms. The van der Waals surface area contributed by atoms with Gasteiger partial charge in [-0.25, -0.2) is 4.99 Å². The van der Waals surface area contributed by atoms with Crippen LogP contribution in [-0.2, 0) is 16.5 Å². The SMILES string of the molecule is CC[C@]1(c2cccc(NC(=O)c3ccc(C(F)(F)F)cn3)c2)N=C(N)NC(=O)C1C. The molecule has 1 aromatic heterocycles. The zero-order chi connectivity index (χ0) is 22.1. The van der Waals surface area contributed by atoms with Gasteiger partial charge in [-0.3, -0.25) is 19.9 Å². The van der Waals surface area contributed by atoms with Crippen molar-refractivity contribution in [2.75, 3.05) is 5.32 Å². The molecule has 0 radical (unpaired) electrons. The van der Waals surface area contributed by atoms with Crippen LogP contribution < -0.4 is 16.4 Å². The van der Waals surface area contributed by atoms with Gasteiger partial charge >= 0.3 is 6.18 Å². The lowest BCUT2D eigenvalue weighted by Crippen LogP contribution is -2.53. The van der Waals surface area contributed by atoms with Crippen LogP contribution in [-0.4, -0.2) is 22.8 Å². The number of alkyl halides is 3. The third-order valence-corrected chi connectivity index (χ3v) is 5.16. The lowest BCUT2D eigenvalue weighted by atomic mass is 9.76. The molecule has 10 heteroatoms. The molecular weight excluding hydrogens is 399 g/mol. The van der Waals surface area contributed by atoms with Crippen LogP contribution in [0.5, 0.6) is 0 Å². The molecule has 4 N–H and O–H groups in total. The third-order valence-electron chi connectivity index (χ3n) is 5.16.